The van der Waals surface area contributed by atoms with Crippen molar-refractivity contribution in [1.29, 1.82) is 0 Å². The third-order valence-corrected chi connectivity index (χ3v) is 7.10. The number of benzene rings is 7. The summed E-state index contributed by atoms with van der Waals surface area (Å²) in [6.07, 6.45) is 0. The van der Waals surface area contributed by atoms with E-state index in [1.807, 2.05) is 182 Å². The van der Waals surface area contributed by atoms with E-state index in [1.165, 1.54) is 0 Å². The van der Waals surface area contributed by atoms with Crippen LogP contribution in [0.3, 0.4) is 0 Å². The van der Waals surface area contributed by atoms with Crippen LogP contribution in [0.15, 0.2) is 182 Å². The van der Waals surface area contributed by atoms with Crippen molar-refractivity contribution in [2.75, 3.05) is 0 Å². The van der Waals surface area contributed by atoms with Crippen molar-refractivity contribution in [3.05, 3.63) is 182 Å². The molecule has 5 nitrogen and oxygen atoms in total. The Balaban J connectivity index is 1.00. The van der Waals surface area contributed by atoms with E-state index in [-0.39, 0.29) is 0 Å². The van der Waals surface area contributed by atoms with Gasteiger partial charge in [0.1, 0.15) is 57.5 Å². The predicted molar refractivity (Wildman–Crippen MR) is 184 cm³/mol. The van der Waals surface area contributed by atoms with Crippen molar-refractivity contribution in [3.63, 3.8) is 0 Å². The van der Waals surface area contributed by atoms with Gasteiger partial charge in [-0.3, -0.25) is 0 Å². The Morgan fingerprint density at radius 1 is 0.191 bits per heavy atom. The summed E-state index contributed by atoms with van der Waals surface area (Å²) in [6.45, 7) is 0. The monoisotopic (exact) mass is 614 g/mol. The molecule has 0 N–H and O–H groups in total. The van der Waals surface area contributed by atoms with Gasteiger partial charge in [-0.05, 0) is 108 Å². The highest BCUT2D eigenvalue weighted by Gasteiger charge is 2.07. The standard InChI is InChI=1S/C42H30O5/c1-3-13-33(14-4-1)43-35-23-25-36(26-24-35)45-37-17-7-11-31(27-37)32-12-8-18-38(28-32)46-40-20-10-22-42(30-40)47-41-21-9-19-39(29-41)44-34-15-5-2-6-16-34/h1-30H. The van der Waals surface area contributed by atoms with E-state index >= 15 is 0 Å². The van der Waals surface area contributed by atoms with Gasteiger partial charge < -0.3 is 23.7 Å². The topological polar surface area (TPSA) is 46.2 Å². The Bertz CT molecular complexity index is 2060. The van der Waals surface area contributed by atoms with Crippen LogP contribution < -0.4 is 23.7 Å². The second kappa shape index (κ2) is 14.1. The van der Waals surface area contributed by atoms with Crippen LogP contribution in [-0.2, 0) is 0 Å². The van der Waals surface area contributed by atoms with Gasteiger partial charge in [0, 0.05) is 12.1 Å². The smallest absolute Gasteiger partial charge is 0.131 e. The molecule has 7 aromatic carbocycles. The van der Waals surface area contributed by atoms with E-state index < -0.39 is 0 Å². The minimum atomic E-state index is 0.653. The van der Waals surface area contributed by atoms with Crippen LogP contribution >= 0.6 is 0 Å². The Morgan fingerprint density at radius 2 is 0.447 bits per heavy atom. The summed E-state index contributed by atoms with van der Waals surface area (Å²) in [5.41, 5.74) is 2.01. The lowest BCUT2D eigenvalue weighted by Crippen LogP contribution is -1.89. The molecule has 0 atom stereocenters. The van der Waals surface area contributed by atoms with Gasteiger partial charge in [0.2, 0.25) is 0 Å². The average molecular weight is 615 g/mol. The fraction of sp³-hybridized carbons (Fsp3) is 0. The molecular weight excluding hydrogens is 584 g/mol. The van der Waals surface area contributed by atoms with Gasteiger partial charge in [-0.1, -0.05) is 72.8 Å². The number of hydrogen-bond donors (Lipinski definition) is 0. The molecule has 0 aliphatic rings. The molecule has 7 rings (SSSR count). The Morgan fingerprint density at radius 3 is 0.830 bits per heavy atom. The lowest BCUT2D eigenvalue weighted by molar-refractivity contribution is 0.451. The molecule has 0 radical (unpaired) electrons. The third kappa shape index (κ3) is 7.98. The minimum Gasteiger partial charge on any atom is -0.457 e. The van der Waals surface area contributed by atoms with E-state index in [0.717, 1.165) is 39.9 Å². The number of hydrogen-bond acceptors (Lipinski definition) is 5. The quantitative estimate of drug-likeness (QED) is 0.145. The summed E-state index contributed by atoms with van der Waals surface area (Å²) < 4.78 is 30.4. The van der Waals surface area contributed by atoms with Crippen LogP contribution in [0.2, 0.25) is 0 Å². The van der Waals surface area contributed by atoms with Crippen LogP contribution in [0.4, 0.5) is 0 Å². The molecule has 228 valence electrons. The first-order valence-electron chi connectivity index (χ1n) is 15.2. The second-order valence-corrected chi connectivity index (χ2v) is 10.6. The summed E-state index contributed by atoms with van der Waals surface area (Å²) in [4.78, 5) is 0. The predicted octanol–water partition coefficient (Wildman–Crippen LogP) is 12.3. The summed E-state index contributed by atoms with van der Waals surface area (Å²) in [5.74, 6) is 7.12. The summed E-state index contributed by atoms with van der Waals surface area (Å²) in [5, 5.41) is 0. The first kappa shape index (κ1) is 29.3. The summed E-state index contributed by atoms with van der Waals surface area (Å²) in [6, 6.07) is 58.0. The molecule has 0 aliphatic carbocycles. The van der Waals surface area contributed by atoms with Crippen LogP contribution in [-0.4, -0.2) is 0 Å². The molecule has 47 heavy (non-hydrogen) atoms. The van der Waals surface area contributed by atoms with E-state index in [0.29, 0.717) is 28.7 Å². The zero-order chi connectivity index (χ0) is 31.7. The van der Waals surface area contributed by atoms with Gasteiger partial charge in [-0.2, -0.15) is 0 Å². The highest BCUT2D eigenvalue weighted by atomic mass is 16.5. The first-order valence-corrected chi connectivity index (χ1v) is 15.2. The van der Waals surface area contributed by atoms with Crippen molar-refractivity contribution >= 4 is 0 Å². The molecule has 0 saturated heterocycles. The molecule has 0 aliphatic heterocycles. The molecule has 0 unspecified atom stereocenters. The van der Waals surface area contributed by atoms with Crippen LogP contribution in [0.5, 0.6) is 57.5 Å². The SMILES string of the molecule is c1ccc(Oc2ccc(Oc3cccc(-c4cccc(Oc5cccc(Oc6cccc(Oc7ccccc7)c6)c5)c4)c3)cc2)cc1. The number of ether oxygens (including phenoxy) is 5. The number of rotatable bonds is 11. The molecule has 7 aromatic rings. The van der Waals surface area contributed by atoms with Gasteiger partial charge in [0.05, 0.1) is 0 Å². The largest absolute Gasteiger partial charge is 0.457 e. The highest BCUT2D eigenvalue weighted by Crippen LogP contribution is 2.34. The maximum Gasteiger partial charge on any atom is 0.131 e. The van der Waals surface area contributed by atoms with Gasteiger partial charge >= 0.3 is 0 Å². The second-order valence-electron chi connectivity index (χ2n) is 10.6. The molecular formula is C42H30O5. The molecule has 0 saturated carbocycles. The number of para-hydroxylation sites is 2. The lowest BCUT2D eigenvalue weighted by atomic mass is 10.1. The molecule has 0 fully saturated rings. The third-order valence-electron chi connectivity index (χ3n) is 7.10. The molecule has 5 heteroatoms. The van der Waals surface area contributed by atoms with Gasteiger partial charge in [0.25, 0.3) is 0 Å². The van der Waals surface area contributed by atoms with Crippen molar-refractivity contribution < 1.29 is 23.7 Å². The van der Waals surface area contributed by atoms with Crippen molar-refractivity contribution in [2.24, 2.45) is 0 Å². The van der Waals surface area contributed by atoms with E-state index in [9.17, 15) is 0 Å². The minimum absolute atomic E-state index is 0.653. The summed E-state index contributed by atoms with van der Waals surface area (Å²) >= 11 is 0. The van der Waals surface area contributed by atoms with Gasteiger partial charge in [-0.25, -0.2) is 0 Å². The zero-order valence-electron chi connectivity index (χ0n) is 25.4. The molecule has 0 amide bonds. The molecule has 0 bridgehead atoms. The lowest BCUT2D eigenvalue weighted by Gasteiger charge is -2.12. The van der Waals surface area contributed by atoms with E-state index in [4.69, 9.17) is 23.7 Å². The Kier molecular flexibility index (Phi) is 8.78. The van der Waals surface area contributed by atoms with Crippen molar-refractivity contribution in [3.8, 4) is 68.6 Å². The van der Waals surface area contributed by atoms with Crippen LogP contribution in [0, 0.1) is 0 Å². The molecule has 0 heterocycles. The summed E-state index contributed by atoms with van der Waals surface area (Å²) in [7, 11) is 0. The average Bonchev–Trinajstić information content (AvgIpc) is 3.11. The highest BCUT2D eigenvalue weighted by molar-refractivity contribution is 5.67. The molecule has 0 spiro atoms. The van der Waals surface area contributed by atoms with E-state index in [2.05, 4.69) is 0 Å². The van der Waals surface area contributed by atoms with Crippen LogP contribution in [0.25, 0.3) is 11.1 Å². The Labute approximate surface area is 273 Å². The fourth-order valence-electron chi connectivity index (χ4n) is 4.91. The van der Waals surface area contributed by atoms with E-state index in [1.54, 1.807) is 0 Å². The zero-order valence-corrected chi connectivity index (χ0v) is 25.4. The maximum atomic E-state index is 6.25. The van der Waals surface area contributed by atoms with Crippen LogP contribution in [0.1, 0.15) is 0 Å². The fourth-order valence-corrected chi connectivity index (χ4v) is 4.91. The van der Waals surface area contributed by atoms with Crippen molar-refractivity contribution in [1.82, 2.24) is 0 Å². The normalized spacial score (nSPS) is 10.6. The van der Waals surface area contributed by atoms with Gasteiger partial charge in [0.15, 0.2) is 0 Å². The van der Waals surface area contributed by atoms with Crippen molar-refractivity contribution in [2.45, 2.75) is 0 Å². The first-order chi connectivity index (χ1) is 23.2. The Hall–Kier alpha value is -6.46. The van der Waals surface area contributed by atoms with Gasteiger partial charge in [-0.15, -0.1) is 0 Å². The molecule has 0 aromatic heterocycles. The maximum absolute atomic E-state index is 6.25.